The molecule has 8 nitrogen and oxygen atoms in total. The second kappa shape index (κ2) is 6.04. The number of hydrogen-bond donors (Lipinski definition) is 2. The number of likely N-dealkylation sites (tertiary alicyclic amines) is 1. The van der Waals surface area contributed by atoms with Gasteiger partial charge in [-0.1, -0.05) is 6.07 Å². The van der Waals surface area contributed by atoms with Gasteiger partial charge in [0, 0.05) is 25.3 Å². The van der Waals surface area contributed by atoms with E-state index in [1.54, 1.807) is 6.07 Å². The third-order valence-electron chi connectivity index (χ3n) is 4.31. The third kappa shape index (κ3) is 2.35. The first kappa shape index (κ1) is 16.1. The van der Waals surface area contributed by atoms with Gasteiger partial charge in [-0.15, -0.1) is 0 Å². The number of piperidine rings is 1. The van der Waals surface area contributed by atoms with Gasteiger partial charge in [0.05, 0.1) is 11.1 Å². The maximum absolute atomic E-state index is 12.6. The lowest BCUT2D eigenvalue weighted by Gasteiger charge is -2.34. The van der Waals surface area contributed by atoms with Crippen molar-refractivity contribution in [3.63, 3.8) is 0 Å². The van der Waals surface area contributed by atoms with Crippen LogP contribution in [0.3, 0.4) is 0 Å². The molecule has 1 fully saturated rings. The number of nitrogen functional groups attached to an aromatic ring is 1. The van der Waals surface area contributed by atoms with Crippen LogP contribution in [0.5, 0.6) is 0 Å². The standard InChI is InChI=1S/C16H17N3O5/c17-10-4-1-3-9-13(10)16(24)19(14(9)22)11-5-6-12(21)18(15(11)23)7-2-8-20/h1,3-4,11,20H,2,5-8,17H2. The van der Waals surface area contributed by atoms with Crippen molar-refractivity contribution in [1.82, 2.24) is 9.80 Å². The van der Waals surface area contributed by atoms with E-state index in [0.29, 0.717) is 0 Å². The van der Waals surface area contributed by atoms with Crippen molar-refractivity contribution < 1.29 is 24.3 Å². The van der Waals surface area contributed by atoms with Crippen LogP contribution in [0.4, 0.5) is 5.69 Å². The largest absolute Gasteiger partial charge is 0.398 e. The molecule has 0 aliphatic carbocycles. The van der Waals surface area contributed by atoms with E-state index >= 15 is 0 Å². The van der Waals surface area contributed by atoms with E-state index in [0.717, 1.165) is 9.80 Å². The summed E-state index contributed by atoms with van der Waals surface area (Å²) in [5.41, 5.74) is 6.25. The van der Waals surface area contributed by atoms with Crippen molar-refractivity contribution >= 4 is 29.3 Å². The molecule has 2 aliphatic heterocycles. The SMILES string of the molecule is Nc1cccc2c1C(=O)N(C1CCC(=O)N(CCCO)C1=O)C2=O. The fraction of sp³-hybridized carbons (Fsp3) is 0.375. The molecule has 2 aliphatic rings. The minimum atomic E-state index is -1.02. The Kier molecular flexibility index (Phi) is 4.06. The highest BCUT2D eigenvalue weighted by molar-refractivity contribution is 6.25. The molecule has 1 atom stereocenters. The zero-order valence-electron chi connectivity index (χ0n) is 12.9. The average Bonchev–Trinajstić information content (AvgIpc) is 2.81. The van der Waals surface area contributed by atoms with E-state index in [1.165, 1.54) is 12.1 Å². The van der Waals surface area contributed by atoms with Crippen LogP contribution in [0.1, 0.15) is 40.0 Å². The van der Waals surface area contributed by atoms with Crippen LogP contribution in [0.25, 0.3) is 0 Å². The minimum absolute atomic E-state index is 0.0602. The van der Waals surface area contributed by atoms with Crippen LogP contribution >= 0.6 is 0 Å². The number of nitrogens with two attached hydrogens (primary N) is 1. The van der Waals surface area contributed by atoms with Crippen LogP contribution < -0.4 is 5.73 Å². The molecule has 4 amide bonds. The Balaban J connectivity index is 1.91. The molecule has 0 bridgehead atoms. The number of benzene rings is 1. The first-order chi connectivity index (χ1) is 11.5. The first-order valence-electron chi connectivity index (χ1n) is 7.68. The summed E-state index contributed by atoms with van der Waals surface area (Å²) in [6.07, 6.45) is 0.405. The van der Waals surface area contributed by atoms with Crippen molar-refractivity contribution in [3.05, 3.63) is 29.3 Å². The number of imide groups is 2. The van der Waals surface area contributed by atoms with Crippen LogP contribution in [0.15, 0.2) is 18.2 Å². The lowest BCUT2D eigenvalue weighted by molar-refractivity contribution is -0.151. The molecule has 1 aromatic carbocycles. The normalized spacial score (nSPS) is 20.8. The molecule has 0 spiro atoms. The number of aliphatic hydroxyl groups is 1. The summed E-state index contributed by atoms with van der Waals surface area (Å²) in [6, 6.07) is 3.57. The molecular weight excluding hydrogens is 314 g/mol. The van der Waals surface area contributed by atoms with Crippen molar-refractivity contribution in [3.8, 4) is 0 Å². The molecule has 1 unspecified atom stereocenters. The third-order valence-corrected chi connectivity index (χ3v) is 4.31. The second-order valence-electron chi connectivity index (χ2n) is 5.77. The Labute approximate surface area is 137 Å². The van der Waals surface area contributed by atoms with E-state index in [4.69, 9.17) is 10.8 Å². The smallest absolute Gasteiger partial charge is 0.264 e. The van der Waals surface area contributed by atoms with Crippen molar-refractivity contribution in [2.75, 3.05) is 18.9 Å². The predicted octanol–water partition coefficient (Wildman–Crippen LogP) is -0.235. The van der Waals surface area contributed by atoms with Gasteiger partial charge in [-0.2, -0.15) is 0 Å². The summed E-state index contributed by atoms with van der Waals surface area (Å²) < 4.78 is 0. The molecule has 0 saturated carbocycles. The summed E-state index contributed by atoms with van der Waals surface area (Å²) in [6.45, 7) is -0.0960. The van der Waals surface area contributed by atoms with Gasteiger partial charge in [-0.05, 0) is 25.0 Å². The lowest BCUT2D eigenvalue weighted by atomic mass is 10.0. The van der Waals surface area contributed by atoms with Gasteiger partial charge in [0.2, 0.25) is 5.91 Å². The number of anilines is 1. The maximum Gasteiger partial charge on any atom is 0.264 e. The molecule has 0 radical (unpaired) electrons. The average molecular weight is 331 g/mol. The fourth-order valence-corrected chi connectivity index (χ4v) is 3.14. The highest BCUT2D eigenvalue weighted by Crippen LogP contribution is 2.31. The molecular formula is C16H17N3O5. The van der Waals surface area contributed by atoms with Crippen LogP contribution in [-0.2, 0) is 9.59 Å². The monoisotopic (exact) mass is 331 g/mol. The molecule has 0 aromatic heterocycles. The first-order valence-corrected chi connectivity index (χ1v) is 7.68. The number of rotatable bonds is 4. The zero-order chi connectivity index (χ0) is 17.4. The van der Waals surface area contributed by atoms with Crippen molar-refractivity contribution in [2.24, 2.45) is 0 Å². The summed E-state index contributed by atoms with van der Waals surface area (Å²) in [5, 5.41) is 8.90. The summed E-state index contributed by atoms with van der Waals surface area (Å²) in [4.78, 5) is 51.6. The summed E-state index contributed by atoms with van der Waals surface area (Å²) >= 11 is 0. The number of carbonyl (C=O) groups is 4. The molecule has 2 heterocycles. The lowest BCUT2D eigenvalue weighted by Crippen LogP contribution is -2.56. The molecule has 3 N–H and O–H groups in total. The van der Waals surface area contributed by atoms with Crippen molar-refractivity contribution in [2.45, 2.75) is 25.3 Å². The Morgan fingerprint density at radius 2 is 1.92 bits per heavy atom. The Hall–Kier alpha value is -2.74. The Morgan fingerprint density at radius 3 is 2.58 bits per heavy atom. The van der Waals surface area contributed by atoms with E-state index in [9.17, 15) is 19.2 Å². The van der Waals surface area contributed by atoms with Crippen molar-refractivity contribution in [1.29, 1.82) is 0 Å². The number of amides is 4. The maximum atomic E-state index is 12.6. The van der Waals surface area contributed by atoms with Gasteiger partial charge < -0.3 is 10.8 Å². The van der Waals surface area contributed by atoms with Gasteiger partial charge in [0.1, 0.15) is 6.04 Å². The summed E-state index contributed by atoms with van der Waals surface area (Å²) in [5.74, 6) is -2.13. The molecule has 24 heavy (non-hydrogen) atoms. The number of fused-ring (bicyclic) bond motifs is 1. The van der Waals surface area contributed by atoms with Gasteiger partial charge in [-0.3, -0.25) is 29.0 Å². The number of carbonyl (C=O) groups excluding carboxylic acids is 4. The van der Waals surface area contributed by atoms with E-state index < -0.39 is 23.8 Å². The predicted molar refractivity (Wildman–Crippen MR) is 82.8 cm³/mol. The highest BCUT2D eigenvalue weighted by atomic mass is 16.3. The van der Waals surface area contributed by atoms with Gasteiger partial charge in [0.25, 0.3) is 17.7 Å². The van der Waals surface area contributed by atoms with Crippen LogP contribution in [0, 0.1) is 0 Å². The Bertz CT molecular complexity index is 745. The highest BCUT2D eigenvalue weighted by Gasteiger charge is 2.47. The summed E-state index contributed by atoms with van der Waals surface area (Å²) in [7, 11) is 0. The number of nitrogens with zero attached hydrogens (tertiary/aromatic N) is 2. The van der Waals surface area contributed by atoms with Gasteiger partial charge in [-0.25, -0.2) is 0 Å². The number of aliphatic hydroxyl groups excluding tert-OH is 1. The van der Waals surface area contributed by atoms with Crippen LogP contribution in [-0.4, -0.2) is 57.7 Å². The topological polar surface area (TPSA) is 121 Å². The molecule has 126 valence electrons. The van der Waals surface area contributed by atoms with Gasteiger partial charge in [0.15, 0.2) is 0 Å². The fourth-order valence-electron chi connectivity index (χ4n) is 3.14. The van der Waals surface area contributed by atoms with E-state index in [1.807, 2.05) is 0 Å². The number of hydrogen-bond acceptors (Lipinski definition) is 6. The molecule has 3 rings (SSSR count). The Morgan fingerprint density at radius 1 is 1.17 bits per heavy atom. The van der Waals surface area contributed by atoms with E-state index in [2.05, 4.69) is 0 Å². The molecule has 1 saturated heterocycles. The van der Waals surface area contributed by atoms with E-state index in [-0.39, 0.29) is 55.1 Å². The quantitative estimate of drug-likeness (QED) is 0.580. The van der Waals surface area contributed by atoms with Gasteiger partial charge >= 0.3 is 0 Å². The molecule has 8 heteroatoms. The zero-order valence-corrected chi connectivity index (χ0v) is 12.9. The minimum Gasteiger partial charge on any atom is -0.398 e. The second-order valence-corrected chi connectivity index (χ2v) is 5.77. The van der Waals surface area contributed by atoms with Crippen LogP contribution in [0.2, 0.25) is 0 Å². The molecule has 1 aromatic rings.